The molecule has 0 saturated heterocycles. The van der Waals surface area contributed by atoms with Crippen LogP contribution in [0, 0.1) is 6.92 Å². The number of nitrogen functional groups attached to an aromatic ring is 1. The molecule has 32 heavy (non-hydrogen) atoms. The highest BCUT2D eigenvalue weighted by atomic mass is 15.1. The van der Waals surface area contributed by atoms with Gasteiger partial charge < -0.3 is 10.7 Å². The number of pyridine rings is 1. The maximum absolute atomic E-state index is 5.93. The first-order valence-corrected chi connectivity index (χ1v) is 10.4. The molecule has 4 N–H and O–H groups in total. The van der Waals surface area contributed by atoms with Crippen LogP contribution in [-0.4, -0.2) is 25.1 Å². The van der Waals surface area contributed by atoms with E-state index in [9.17, 15) is 0 Å². The summed E-state index contributed by atoms with van der Waals surface area (Å²) < 4.78 is 0. The molecule has 0 aliphatic heterocycles. The molecule has 6 heteroatoms. The van der Waals surface area contributed by atoms with Crippen LogP contribution in [0.4, 0.5) is 5.69 Å². The lowest BCUT2D eigenvalue weighted by atomic mass is 10.0. The summed E-state index contributed by atoms with van der Waals surface area (Å²) in [4.78, 5) is 12.6. The lowest BCUT2D eigenvalue weighted by molar-refractivity contribution is 1.11. The zero-order valence-corrected chi connectivity index (χ0v) is 17.4. The van der Waals surface area contributed by atoms with E-state index in [2.05, 4.69) is 69.6 Å². The summed E-state index contributed by atoms with van der Waals surface area (Å²) in [5, 5.41) is 8.68. The number of aromatic amines is 2. The van der Waals surface area contributed by atoms with Crippen molar-refractivity contribution in [2.45, 2.75) is 6.92 Å². The lowest BCUT2D eigenvalue weighted by Crippen LogP contribution is -1.88. The molecular weight excluding hydrogens is 396 g/mol. The summed E-state index contributed by atoms with van der Waals surface area (Å²) >= 11 is 0. The summed E-state index contributed by atoms with van der Waals surface area (Å²) in [6.07, 6.45) is 3.46. The molecule has 3 aromatic heterocycles. The van der Waals surface area contributed by atoms with Crippen molar-refractivity contribution in [2.24, 2.45) is 0 Å². The summed E-state index contributed by atoms with van der Waals surface area (Å²) in [6.45, 7) is 2.10. The number of fused-ring (bicyclic) bond motifs is 2. The average molecular weight is 416 g/mol. The molecule has 0 radical (unpaired) electrons. The Bertz CT molecular complexity index is 1610. The second-order valence-electron chi connectivity index (χ2n) is 8.00. The fraction of sp³-hybridized carbons (Fsp3) is 0.0385. The van der Waals surface area contributed by atoms with Crippen LogP contribution >= 0.6 is 0 Å². The SMILES string of the molecule is Cc1cccc(-c2cccc3[nH]c(-c4n[nH]c5ccc(-c6cncc(N)c6)cc45)nc23)c1. The summed E-state index contributed by atoms with van der Waals surface area (Å²) in [5.74, 6) is 0.731. The number of nitrogens with one attached hydrogen (secondary N) is 2. The lowest BCUT2D eigenvalue weighted by Gasteiger charge is -2.03. The molecular formula is C26H20N6. The van der Waals surface area contributed by atoms with Crippen molar-refractivity contribution in [1.29, 1.82) is 0 Å². The van der Waals surface area contributed by atoms with E-state index in [0.29, 0.717) is 5.69 Å². The van der Waals surface area contributed by atoms with Gasteiger partial charge in [0.25, 0.3) is 0 Å². The topological polar surface area (TPSA) is 96.3 Å². The third-order valence-corrected chi connectivity index (χ3v) is 5.72. The smallest absolute Gasteiger partial charge is 0.159 e. The van der Waals surface area contributed by atoms with Crippen molar-refractivity contribution < 1.29 is 0 Å². The number of hydrogen-bond donors (Lipinski definition) is 3. The first-order chi connectivity index (χ1) is 15.7. The number of H-pyrrole nitrogens is 2. The van der Waals surface area contributed by atoms with Gasteiger partial charge in [0.15, 0.2) is 5.82 Å². The van der Waals surface area contributed by atoms with Crippen LogP contribution in [0.2, 0.25) is 0 Å². The average Bonchev–Trinajstić information content (AvgIpc) is 3.42. The van der Waals surface area contributed by atoms with Gasteiger partial charge >= 0.3 is 0 Å². The fourth-order valence-corrected chi connectivity index (χ4v) is 4.18. The van der Waals surface area contributed by atoms with Crippen LogP contribution < -0.4 is 5.73 Å². The minimum Gasteiger partial charge on any atom is -0.397 e. The molecule has 3 heterocycles. The van der Waals surface area contributed by atoms with Gasteiger partial charge in [-0.3, -0.25) is 10.1 Å². The third kappa shape index (κ3) is 3.01. The van der Waals surface area contributed by atoms with Gasteiger partial charge in [0.1, 0.15) is 5.69 Å². The largest absolute Gasteiger partial charge is 0.397 e. The number of aryl methyl sites for hydroxylation is 1. The van der Waals surface area contributed by atoms with Gasteiger partial charge in [-0.2, -0.15) is 5.10 Å². The molecule has 0 spiro atoms. The third-order valence-electron chi connectivity index (χ3n) is 5.72. The van der Waals surface area contributed by atoms with E-state index in [1.165, 1.54) is 5.56 Å². The van der Waals surface area contributed by atoms with E-state index in [0.717, 1.165) is 55.7 Å². The molecule has 0 fully saturated rings. The van der Waals surface area contributed by atoms with E-state index in [4.69, 9.17) is 10.7 Å². The van der Waals surface area contributed by atoms with Gasteiger partial charge in [0.05, 0.1) is 22.2 Å². The Kier molecular flexibility index (Phi) is 4.04. The number of nitrogens with two attached hydrogens (primary N) is 1. The minimum atomic E-state index is 0.635. The van der Waals surface area contributed by atoms with E-state index in [1.54, 1.807) is 6.20 Å². The first kappa shape index (κ1) is 18.3. The number of anilines is 1. The molecule has 0 atom stereocenters. The summed E-state index contributed by atoms with van der Waals surface area (Å²) in [6, 6.07) is 22.7. The molecule has 0 aliphatic carbocycles. The molecule has 154 valence electrons. The van der Waals surface area contributed by atoms with E-state index < -0.39 is 0 Å². The monoisotopic (exact) mass is 416 g/mol. The number of imidazole rings is 1. The predicted molar refractivity (Wildman–Crippen MR) is 129 cm³/mol. The first-order valence-electron chi connectivity index (χ1n) is 10.4. The highest BCUT2D eigenvalue weighted by molar-refractivity contribution is 5.98. The van der Waals surface area contributed by atoms with Crippen LogP contribution in [0.25, 0.3) is 55.7 Å². The number of rotatable bonds is 3. The Morgan fingerprint density at radius 3 is 2.59 bits per heavy atom. The second-order valence-corrected chi connectivity index (χ2v) is 8.00. The van der Waals surface area contributed by atoms with Crippen molar-refractivity contribution in [3.8, 4) is 33.8 Å². The van der Waals surface area contributed by atoms with Crippen molar-refractivity contribution in [1.82, 2.24) is 25.1 Å². The highest BCUT2D eigenvalue weighted by Crippen LogP contribution is 2.33. The fourth-order valence-electron chi connectivity index (χ4n) is 4.18. The van der Waals surface area contributed by atoms with E-state index in [1.807, 2.05) is 30.5 Å². The van der Waals surface area contributed by atoms with Crippen LogP contribution in [-0.2, 0) is 0 Å². The number of hydrogen-bond acceptors (Lipinski definition) is 4. The van der Waals surface area contributed by atoms with Crippen LogP contribution in [0.3, 0.4) is 0 Å². The maximum Gasteiger partial charge on any atom is 0.159 e. The van der Waals surface area contributed by atoms with Crippen molar-refractivity contribution in [3.63, 3.8) is 0 Å². The van der Waals surface area contributed by atoms with Crippen LogP contribution in [0.1, 0.15) is 5.56 Å². The van der Waals surface area contributed by atoms with E-state index >= 15 is 0 Å². The molecule has 0 bridgehead atoms. The van der Waals surface area contributed by atoms with Crippen molar-refractivity contribution in [2.75, 3.05) is 5.73 Å². The Morgan fingerprint density at radius 2 is 1.72 bits per heavy atom. The standard InChI is InChI=1S/C26H20N6/c1-15-4-2-5-17(10-15)20-6-3-7-23-24(20)30-26(29-23)25-21-12-16(8-9-22(21)31-32-25)18-11-19(27)14-28-13-18/h2-14H,27H2,1H3,(H,29,30)(H,31,32). The minimum absolute atomic E-state index is 0.635. The number of para-hydroxylation sites is 1. The zero-order chi connectivity index (χ0) is 21.7. The number of nitrogens with zero attached hydrogens (tertiary/aromatic N) is 3. The number of aromatic nitrogens is 5. The Balaban J connectivity index is 1.51. The molecule has 0 saturated carbocycles. The van der Waals surface area contributed by atoms with Gasteiger partial charge in [-0.15, -0.1) is 0 Å². The molecule has 0 amide bonds. The Hall–Kier alpha value is -4.45. The molecule has 6 aromatic rings. The Labute approximate surface area is 184 Å². The quantitative estimate of drug-likeness (QED) is 0.343. The van der Waals surface area contributed by atoms with Gasteiger partial charge in [-0.25, -0.2) is 4.98 Å². The normalized spacial score (nSPS) is 11.4. The molecule has 6 nitrogen and oxygen atoms in total. The highest BCUT2D eigenvalue weighted by Gasteiger charge is 2.16. The molecule has 3 aromatic carbocycles. The molecule has 6 rings (SSSR count). The Morgan fingerprint density at radius 1 is 0.812 bits per heavy atom. The maximum atomic E-state index is 5.93. The van der Waals surface area contributed by atoms with Crippen molar-refractivity contribution >= 4 is 27.6 Å². The van der Waals surface area contributed by atoms with Crippen LogP contribution in [0.15, 0.2) is 79.1 Å². The van der Waals surface area contributed by atoms with Gasteiger partial charge in [-0.1, -0.05) is 48.0 Å². The molecule has 0 unspecified atom stereocenters. The summed E-state index contributed by atoms with van der Waals surface area (Å²) in [7, 11) is 0. The zero-order valence-electron chi connectivity index (χ0n) is 17.4. The van der Waals surface area contributed by atoms with Crippen molar-refractivity contribution in [3.05, 3.63) is 84.7 Å². The molecule has 0 aliphatic rings. The van der Waals surface area contributed by atoms with Gasteiger partial charge in [-0.05, 0) is 42.3 Å². The summed E-state index contributed by atoms with van der Waals surface area (Å²) in [5.41, 5.74) is 15.7. The van der Waals surface area contributed by atoms with Gasteiger partial charge in [0, 0.05) is 28.9 Å². The van der Waals surface area contributed by atoms with E-state index in [-0.39, 0.29) is 0 Å². The number of benzene rings is 3. The van der Waals surface area contributed by atoms with Crippen LogP contribution in [0.5, 0.6) is 0 Å². The second kappa shape index (κ2) is 7.06. The van der Waals surface area contributed by atoms with Gasteiger partial charge in [0.2, 0.25) is 0 Å². The predicted octanol–water partition coefficient (Wildman–Crippen LogP) is 5.73.